The highest BCUT2D eigenvalue weighted by Crippen LogP contribution is 2.38. The summed E-state index contributed by atoms with van der Waals surface area (Å²) in [5, 5.41) is 15.1. The molecule has 0 bridgehead atoms. The molecule has 20 heavy (non-hydrogen) atoms. The van der Waals surface area contributed by atoms with Gasteiger partial charge in [0.2, 0.25) is 0 Å². The third-order valence-electron chi connectivity index (χ3n) is 4.43. The molecule has 2 atom stereocenters. The van der Waals surface area contributed by atoms with Crippen molar-refractivity contribution in [3.05, 3.63) is 48.0 Å². The lowest BCUT2D eigenvalue weighted by atomic mass is 9.85. The molecule has 1 aromatic carbocycles. The normalized spacial score (nSPS) is 26.0. The maximum absolute atomic E-state index is 11.0. The summed E-state index contributed by atoms with van der Waals surface area (Å²) in [7, 11) is 0. The van der Waals surface area contributed by atoms with Crippen molar-refractivity contribution in [1.29, 1.82) is 0 Å². The number of hydrogen-bond donors (Lipinski definition) is 1. The molecule has 0 aliphatic heterocycles. The molecule has 0 spiro atoms. The van der Waals surface area contributed by atoms with E-state index in [1.54, 1.807) is 11.0 Å². The Bertz CT molecular complexity index is 550. The van der Waals surface area contributed by atoms with Gasteiger partial charge in [-0.1, -0.05) is 36.2 Å². The number of aliphatic hydroxyl groups is 1. The minimum atomic E-state index is -0.654. The molecule has 1 aromatic heterocycles. The molecule has 106 valence electrons. The molecule has 3 rings (SSSR count). The first kappa shape index (κ1) is 13.3. The summed E-state index contributed by atoms with van der Waals surface area (Å²) >= 11 is 0. The molecule has 4 heteroatoms. The standard InChI is InChI=1S/C16H21N3O/c1-13-4-6-14(7-5-13)9-15-3-2-8-16(15,20)10-19-12-17-11-18-19/h4-7,11-12,15,20H,2-3,8-10H2,1H3. The monoisotopic (exact) mass is 271 g/mol. The summed E-state index contributed by atoms with van der Waals surface area (Å²) in [6, 6.07) is 8.62. The lowest BCUT2D eigenvalue weighted by molar-refractivity contribution is -0.0163. The van der Waals surface area contributed by atoms with E-state index in [1.807, 2.05) is 0 Å². The summed E-state index contributed by atoms with van der Waals surface area (Å²) in [5.74, 6) is 0.300. The lowest BCUT2D eigenvalue weighted by Gasteiger charge is -2.30. The van der Waals surface area contributed by atoms with Crippen LogP contribution in [-0.4, -0.2) is 25.5 Å². The Morgan fingerprint density at radius 1 is 1.35 bits per heavy atom. The average molecular weight is 271 g/mol. The zero-order valence-corrected chi connectivity index (χ0v) is 11.9. The lowest BCUT2D eigenvalue weighted by Crippen LogP contribution is -2.39. The Hall–Kier alpha value is -1.68. The van der Waals surface area contributed by atoms with Gasteiger partial charge in [-0.3, -0.25) is 4.68 Å². The highest BCUT2D eigenvalue weighted by Gasteiger charge is 2.41. The average Bonchev–Trinajstić information content (AvgIpc) is 3.04. The maximum Gasteiger partial charge on any atom is 0.137 e. The van der Waals surface area contributed by atoms with Crippen LogP contribution >= 0.6 is 0 Å². The predicted molar refractivity (Wildman–Crippen MR) is 77.2 cm³/mol. The fourth-order valence-electron chi connectivity index (χ4n) is 3.23. The van der Waals surface area contributed by atoms with Gasteiger partial charge in [0.25, 0.3) is 0 Å². The topological polar surface area (TPSA) is 50.9 Å². The van der Waals surface area contributed by atoms with E-state index in [1.165, 1.54) is 17.5 Å². The van der Waals surface area contributed by atoms with Crippen LogP contribution in [0.4, 0.5) is 0 Å². The molecule has 1 fully saturated rings. The van der Waals surface area contributed by atoms with Crippen molar-refractivity contribution in [1.82, 2.24) is 14.8 Å². The van der Waals surface area contributed by atoms with E-state index in [9.17, 15) is 5.11 Å². The minimum absolute atomic E-state index is 0.300. The fourth-order valence-corrected chi connectivity index (χ4v) is 3.23. The van der Waals surface area contributed by atoms with Crippen LogP contribution in [0.1, 0.15) is 30.4 Å². The predicted octanol–water partition coefficient (Wildman–Crippen LogP) is 2.36. The van der Waals surface area contributed by atoms with Gasteiger partial charge in [-0.15, -0.1) is 0 Å². The molecular weight excluding hydrogens is 250 g/mol. The van der Waals surface area contributed by atoms with Gasteiger partial charge in [-0.2, -0.15) is 5.10 Å². The number of nitrogens with zero attached hydrogens (tertiary/aromatic N) is 3. The zero-order chi connectivity index (χ0) is 14.0. The van der Waals surface area contributed by atoms with Gasteiger partial charge in [0.05, 0.1) is 12.1 Å². The Kier molecular flexibility index (Phi) is 3.57. The molecular formula is C16H21N3O. The van der Waals surface area contributed by atoms with Crippen molar-refractivity contribution in [2.24, 2.45) is 5.92 Å². The molecule has 4 nitrogen and oxygen atoms in total. The largest absolute Gasteiger partial charge is 0.388 e. The van der Waals surface area contributed by atoms with Crippen LogP contribution in [0.5, 0.6) is 0 Å². The number of benzene rings is 1. The Morgan fingerprint density at radius 3 is 2.85 bits per heavy atom. The Morgan fingerprint density at radius 2 is 2.15 bits per heavy atom. The van der Waals surface area contributed by atoms with Crippen molar-refractivity contribution < 1.29 is 5.11 Å². The molecule has 1 N–H and O–H groups in total. The number of hydrogen-bond acceptors (Lipinski definition) is 3. The quantitative estimate of drug-likeness (QED) is 0.928. The van der Waals surface area contributed by atoms with E-state index in [2.05, 4.69) is 41.3 Å². The van der Waals surface area contributed by atoms with E-state index in [0.29, 0.717) is 12.5 Å². The molecule has 1 aliphatic carbocycles. The molecule has 0 radical (unpaired) electrons. The van der Waals surface area contributed by atoms with Gasteiger partial charge in [-0.05, 0) is 37.7 Å². The summed E-state index contributed by atoms with van der Waals surface area (Å²) in [4.78, 5) is 3.95. The van der Waals surface area contributed by atoms with E-state index in [-0.39, 0.29) is 0 Å². The molecule has 1 saturated carbocycles. The number of aryl methyl sites for hydroxylation is 1. The van der Waals surface area contributed by atoms with Gasteiger partial charge in [0, 0.05) is 0 Å². The SMILES string of the molecule is Cc1ccc(CC2CCCC2(O)Cn2cncn2)cc1. The molecule has 1 aliphatic rings. The fraction of sp³-hybridized carbons (Fsp3) is 0.500. The van der Waals surface area contributed by atoms with Crippen molar-refractivity contribution in [3.8, 4) is 0 Å². The zero-order valence-electron chi connectivity index (χ0n) is 11.9. The Balaban J connectivity index is 1.73. The highest BCUT2D eigenvalue weighted by atomic mass is 16.3. The van der Waals surface area contributed by atoms with Crippen LogP contribution in [0.25, 0.3) is 0 Å². The molecule has 0 saturated heterocycles. The second-order valence-corrected chi connectivity index (χ2v) is 5.98. The van der Waals surface area contributed by atoms with Crippen molar-refractivity contribution >= 4 is 0 Å². The molecule has 1 heterocycles. The summed E-state index contributed by atoms with van der Waals surface area (Å²) in [6.07, 6.45) is 7.15. The van der Waals surface area contributed by atoms with Crippen molar-refractivity contribution in [2.45, 2.75) is 44.8 Å². The van der Waals surface area contributed by atoms with Gasteiger partial charge >= 0.3 is 0 Å². The maximum atomic E-state index is 11.0. The summed E-state index contributed by atoms with van der Waals surface area (Å²) < 4.78 is 1.74. The van der Waals surface area contributed by atoms with Gasteiger partial charge in [-0.25, -0.2) is 4.98 Å². The van der Waals surface area contributed by atoms with Crippen molar-refractivity contribution in [2.75, 3.05) is 0 Å². The summed E-state index contributed by atoms with van der Waals surface area (Å²) in [6.45, 7) is 2.64. The molecule has 0 amide bonds. The molecule has 2 unspecified atom stereocenters. The van der Waals surface area contributed by atoms with E-state index < -0.39 is 5.60 Å². The van der Waals surface area contributed by atoms with Gasteiger partial charge in [0.1, 0.15) is 12.7 Å². The number of aromatic nitrogens is 3. The molecule has 2 aromatic rings. The van der Waals surface area contributed by atoms with Crippen LogP contribution in [-0.2, 0) is 13.0 Å². The third-order valence-corrected chi connectivity index (χ3v) is 4.43. The van der Waals surface area contributed by atoms with Crippen LogP contribution in [0.2, 0.25) is 0 Å². The van der Waals surface area contributed by atoms with E-state index >= 15 is 0 Å². The third kappa shape index (κ3) is 2.75. The smallest absolute Gasteiger partial charge is 0.137 e. The second kappa shape index (κ2) is 5.37. The van der Waals surface area contributed by atoms with Crippen LogP contribution in [0.3, 0.4) is 0 Å². The van der Waals surface area contributed by atoms with Gasteiger partial charge in [0.15, 0.2) is 0 Å². The second-order valence-electron chi connectivity index (χ2n) is 5.98. The van der Waals surface area contributed by atoms with Crippen LogP contribution in [0.15, 0.2) is 36.9 Å². The first-order valence-corrected chi connectivity index (χ1v) is 7.26. The Labute approximate surface area is 119 Å². The number of rotatable bonds is 4. The first-order chi connectivity index (χ1) is 9.66. The first-order valence-electron chi connectivity index (χ1n) is 7.26. The van der Waals surface area contributed by atoms with Crippen LogP contribution < -0.4 is 0 Å². The van der Waals surface area contributed by atoms with E-state index in [4.69, 9.17) is 0 Å². The van der Waals surface area contributed by atoms with Crippen LogP contribution in [0, 0.1) is 12.8 Å². The van der Waals surface area contributed by atoms with Crippen molar-refractivity contribution in [3.63, 3.8) is 0 Å². The van der Waals surface area contributed by atoms with Gasteiger partial charge < -0.3 is 5.11 Å². The minimum Gasteiger partial charge on any atom is -0.388 e. The van der Waals surface area contributed by atoms with E-state index in [0.717, 1.165) is 25.7 Å². The highest BCUT2D eigenvalue weighted by molar-refractivity contribution is 5.22. The summed E-state index contributed by atoms with van der Waals surface area (Å²) in [5.41, 5.74) is 1.93.